The van der Waals surface area contributed by atoms with Crippen molar-refractivity contribution in [3.63, 3.8) is 0 Å². The van der Waals surface area contributed by atoms with Gasteiger partial charge in [-0.3, -0.25) is 14.9 Å². The molecule has 214 valence electrons. The van der Waals surface area contributed by atoms with Crippen molar-refractivity contribution in [2.45, 2.75) is 50.8 Å². The first-order chi connectivity index (χ1) is 19.2. The second-order valence-corrected chi connectivity index (χ2v) is 12.3. The number of ether oxygens (including phenoxy) is 2. The van der Waals surface area contributed by atoms with Gasteiger partial charge in [-0.25, -0.2) is 0 Å². The number of carbonyl (C=O) groups is 2. The Morgan fingerprint density at radius 2 is 1.48 bits per heavy atom. The Morgan fingerprint density at radius 1 is 0.850 bits per heavy atom. The lowest BCUT2D eigenvalue weighted by atomic mass is 10.1. The molecule has 0 aliphatic heterocycles. The Labute approximate surface area is 242 Å². The molecule has 3 rings (SSSR count). The van der Waals surface area contributed by atoms with Crippen LogP contribution in [-0.2, 0) is 27.5 Å². The van der Waals surface area contributed by atoms with Gasteiger partial charge in [-0.15, -0.1) is 0 Å². The molecular formula is C32H41N3O4S. The van der Waals surface area contributed by atoms with Gasteiger partial charge in [-0.1, -0.05) is 93.6 Å². The zero-order valence-corrected chi connectivity index (χ0v) is 24.6. The number of carbonyl (C=O) groups excluding carboxylic acids is 2. The summed E-state index contributed by atoms with van der Waals surface area (Å²) in [4.78, 5) is 25.8. The van der Waals surface area contributed by atoms with E-state index >= 15 is 0 Å². The number of amides is 2. The molecule has 0 spiro atoms. The predicted octanol–water partition coefficient (Wildman–Crippen LogP) is 4.88. The average Bonchev–Trinajstić information content (AvgIpc) is 2.96. The van der Waals surface area contributed by atoms with Crippen LogP contribution < -0.4 is 20.7 Å². The maximum absolute atomic E-state index is 13.4. The molecule has 2 amide bonds. The summed E-state index contributed by atoms with van der Waals surface area (Å²) in [5.74, 6) is 0.974. The van der Waals surface area contributed by atoms with E-state index in [1.165, 1.54) is 0 Å². The van der Waals surface area contributed by atoms with Crippen molar-refractivity contribution in [1.29, 1.82) is 0 Å². The molecule has 0 radical (unpaired) electrons. The van der Waals surface area contributed by atoms with Crippen LogP contribution in [0.1, 0.15) is 43.5 Å². The smallest absolute Gasteiger partial charge is 0.239 e. The first kappa shape index (κ1) is 31.2. The van der Waals surface area contributed by atoms with Gasteiger partial charge in [0.05, 0.1) is 26.9 Å². The quantitative estimate of drug-likeness (QED) is 0.244. The average molecular weight is 564 g/mol. The Morgan fingerprint density at radius 3 is 2.08 bits per heavy atom. The van der Waals surface area contributed by atoms with Crippen molar-refractivity contribution < 1.29 is 19.1 Å². The van der Waals surface area contributed by atoms with Crippen molar-refractivity contribution in [1.82, 2.24) is 16.0 Å². The number of hydrogen-bond acceptors (Lipinski definition) is 6. The minimum absolute atomic E-state index is 0.0464. The van der Waals surface area contributed by atoms with Crippen LogP contribution in [0.3, 0.4) is 0 Å². The molecule has 0 bridgehead atoms. The van der Waals surface area contributed by atoms with E-state index in [9.17, 15) is 9.59 Å². The molecule has 0 aliphatic rings. The summed E-state index contributed by atoms with van der Waals surface area (Å²) in [6, 6.07) is 26.6. The third kappa shape index (κ3) is 11.4. The number of thioether (sulfide) groups is 1. The molecule has 0 saturated heterocycles. The monoisotopic (exact) mass is 563 g/mol. The third-order valence-electron chi connectivity index (χ3n) is 6.07. The minimum atomic E-state index is -0.668. The van der Waals surface area contributed by atoms with Gasteiger partial charge in [0.15, 0.2) is 0 Å². The van der Waals surface area contributed by atoms with E-state index in [4.69, 9.17) is 9.47 Å². The zero-order chi connectivity index (χ0) is 28.8. The lowest BCUT2D eigenvalue weighted by Gasteiger charge is -2.28. The highest BCUT2D eigenvalue weighted by atomic mass is 32.2. The van der Waals surface area contributed by atoms with Crippen molar-refractivity contribution in [2.24, 2.45) is 0 Å². The van der Waals surface area contributed by atoms with Crippen molar-refractivity contribution in [3.05, 3.63) is 102 Å². The number of hydrogen-bond donors (Lipinski definition) is 3. The van der Waals surface area contributed by atoms with Crippen LogP contribution >= 0.6 is 11.8 Å². The van der Waals surface area contributed by atoms with Crippen molar-refractivity contribution in [2.75, 3.05) is 26.0 Å². The molecule has 0 aromatic heterocycles. The molecule has 8 heteroatoms. The molecule has 3 aromatic carbocycles. The molecule has 0 heterocycles. The number of nitrogens with one attached hydrogen (secondary N) is 3. The molecule has 0 saturated carbocycles. The Kier molecular flexibility index (Phi) is 12.5. The highest BCUT2D eigenvalue weighted by Crippen LogP contribution is 2.29. The van der Waals surface area contributed by atoms with E-state index < -0.39 is 6.04 Å². The molecule has 0 aliphatic carbocycles. The maximum atomic E-state index is 13.4. The van der Waals surface area contributed by atoms with Crippen LogP contribution in [0.4, 0.5) is 0 Å². The van der Waals surface area contributed by atoms with Gasteiger partial charge in [-0.2, -0.15) is 11.8 Å². The first-order valence-electron chi connectivity index (χ1n) is 13.5. The van der Waals surface area contributed by atoms with Crippen LogP contribution in [0.15, 0.2) is 84.9 Å². The summed E-state index contributed by atoms with van der Waals surface area (Å²) in [5, 5.41) is 9.16. The summed E-state index contributed by atoms with van der Waals surface area (Å²) in [7, 11) is 1.64. The fraction of sp³-hybridized carbons (Fsp3) is 0.375. The fourth-order valence-electron chi connectivity index (χ4n) is 3.87. The predicted molar refractivity (Wildman–Crippen MR) is 162 cm³/mol. The van der Waals surface area contributed by atoms with E-state index in [-0.39, 0.29) is 35.8 Å². The van der Waals surface area contributed by atoms with E-state index in [0.29, 0.717) is 13.2 Å². The summed E-state index contributed by atoms with van der Waals surface area (Å²) >= 11 is 1.81. The Bertz CT molecular complexity index is 1170. The number of benzene rings is 3. The molecule has 2 atom stereocenters. The van der Waals surface area contributed by atoms with E-state index in [1.807, 2.05) is 96.7 Å². The molecule has 3 aromatic rings. The summed E-state index contributed by atoms with van der Waals surface area (Å²) in [5.41, 5.74) is 3.06. The van der Waals surface area contributed by atoms with E-state index in [1.54, 1.807) is 7.11 Å². The second-order valence-electron chi connectivity index (χ2n) is 10.4. The van der Waals surface area contributed by atoms with Crippen LogP contribution in [0.25, 0.3) is 0 Å². The Hall–Kier alpha value is -3.33. The van der Waals surface area contributed by atoms with Crippen LogP contribution in [0.2, 0.25) is 0 Å². The van der Waals surface area contributed by atoms with Gasteiger partial charge in [0.2, 0.25) is 11.8 Å². The Balaban J connectivity index is 1.68. The molecule has 0 fully saturated rings. The fourth-order valence-corrected chi connectivity index (χ4v) is 4.83. The summed E-state index contributed by atoms with van der Waals surface area (Å²) in [6.07, 6.45) is 0. The maximum Gasteiger partial charge on any atom is 0.239 e. The third-order valence-corrected chi connectivity index (χ3v) is 7.44. The van der Waals surface area contributed by atoms with Gasteiger partial charge < -0.3 is 20.1 Å². The van der Waals surface area contributed by atoms with Crippen LogP contribution in [0.5, 0.6) is 5.75 Å². The van der Waals surface area contributed by atoms with Gasteiger partial charge >= 0.3 is 0 Å². The summed E-state index contributed by atoms with van der Waals surface area (Å²) in [6.45, 7) is 7.33. The molecule has 0 unspecified atom stereocenters. The van der Waals surface area contributed by atoms with Gasteiger partial charge in [0.1, 0.15) is 11.8 Å². The van der Waals surface area contributed by atoms with Crippen molar-refractivity contribution in [3.8, 4) is 5.75 Å². The molecule has 40 heavy (non-hydrogen) atoms. The van der Waals surface area contributed by atoms with Gasteiger partial charge in [0, 0.05) is 23.1 Å². The number of methoxy groups -OCH3 is 1. The number of rotatable bonds is 15. The normalized spacial score (nSPS) is 12.8. The summed E-state index contributed by atoms with van der Waals surface area (Å²) < 4.78 is 11.4. The van der Waals surface area contributed by atoms with E-state index in [2.05, 4.69) is 36.7 Å². The zero-order valence-electron chi connectivity index (χ0n) is 23.8. The SMILES string of the molecule is COc1ccc([C@H](CSC(C)(C)C)N[C@@H](COCc2ccccc2)C(=O)NCC(=O)NCc2ccccc2)cc1. The molecule has 7 nitrogen and oxygen atoms in total. The lowest BCUT2D eigenvalue weighted by molar-refractivity contribution is -0.128. The topological polar surface area (TPSA) is 88.7 Å². The second kappa shape index (κ2) is 16.1. The van der Waals surface area contributed by atoms with Gasteiger partial charge in [0.25, 0.3) is 0 Å². The van der Waals surface area contributed by atoms with Crippen molar-refractivity contribution >= 4 is 23.6 Å². The largest absolute Gasteiger partial charge is 0.497 e. The van der Waals surface area contributed by atoms with E-state index in [0.717, 1.165) is 28.2 Å². The standard InChI is InChI=1S/C32H41N3O4S/c1-32(2,3)40-23-29(26-15-17-27(38-4)18-16-26)35-28(22-39-21-25-13-9-6-10-14-25)31(37)34-20-30(36)33-19-24-11-7-5-8-12-24/h5-18,28-29,35H,19-23H2,1-4H3,(H,33,36)(H,34,37)/t28-,29-/m0/s1. The van der Waals surface area contributed by atoms with Crippen LogP contribution in [-0.4, -0.2) is 48.6 Å². The minimum Gasteiger partial charge on any atom is -0.497 e. The molecular weight excluding hydrogens is 522 g/mol. The van der Waals surface area contributed by atoms with Crippen LogP contribution in [0, 0.1) is 0 Å². The highest BCUT2D eigenvalue weighted by molar-refractivity contribution is 8.00. The highest BCUT2D eigenvalue weighted by Gasteiger charge is 2.25. The molecule has 3 N–H and O–H groups in total. The van der Waals surface area contributed by atoms with Gasteiger partial charge in [-0.05, 0) is 28.8 Å². The first-order valence-corrected chi connectivity index (χ1v) is 14.5. The lowest BCUT2D eigenvalue weighted by Crippen LogP contribution is -2.50.